The van der Waals surface area contributed by atoms with Crippen molar-refractivity contribution in [1.82, 2.24) is 0 Å². The van der Waals surface area contributed by atoms with Gasteiger partial charge in [-0.05, 0) is 23.8 Å². The molecule has 0 spiro atoms. The molecule has 0 fully saturated rings. The Hall–Kier alpha value is -1.65. The van der Waals surface area contributed by atoms with Gasteiger partial charge in [0.1, 0.15) is 6.61 Å². The molecule has 2 aromatic rings. The molecule has 0 aliphatic heterocycles. The summed E-state index contributed by atoms with van der Waals surface area (Å²) >= 11 is 10.0. The normalized spacial score (nSPS) is 10.0. The molecular formula is C14H12ClNO2S. The lowest BCUT2D eigenvalue weighted by Crippen LogP contribution is -2.13. The second kappa shape index (κ2) is 6.50. The van der Waals surface area contributed by atoms with E-state index in [0.29, 0.717) is 15.6 Å². The maximum Gasteiger partial charge on any atom is 0.411 e. The van der Waals surface area contributed by atoms with Crippen LogP contribution >= 0.6 is 24.2 Å². The van der Waals surface area contributed by atoms with Crippen LogP contribution in [0.4, 0.5) is 10.5 Å². The molecule has 0 atom stereocenters. The highest BCUT2D eigenvalue weighted by atomic mass is 35.5. The van der Waals surface area contributed by atoms with Gasteiger partial charge in [0.2, 0.25) is 0 Å². The molecular weight excluding hydrogens is 282 g/mol. The second-order valence-corrected chi connectivity index (χ2v) is 4.77. The van der Waals surface area contributed by atoms with Crippen molar-refractivity contribution in [2.75, 3.05) is 5.32 Å². The van der Waals surface area contributed by atoms with Gasteiger partial charge in [-0.3, -0.25) is 5.32 Å². The number of hydrogen-bond acceptors (Lipinski definition) is 3. The lowest BCUT2D eigenvalue weighted by molar-refractivity contribution is 0.155. The minimum absolute atomic E-state index is 0.224. The Morgan fingerprint density at radius 3 is 2.63 bits per heavy atom. The highest BCUT2D eigenvalue weighted by molar-refractivity contribution is 7.80. The first kappa shape index (κ1) is 13.8. The summed E-state index contributed by atoms with van der Waals surface area (Å²) in [5.74, 6) is 0. The van der Waals surface area contributed by atoms with Crippen LogP contribution in [0, 0.1) is 0 Å². The van der Waals surface area contributed by atoms with Gasteiger partial charge >= 0.3 is 6.09 Å². The van der Waals surface area contributed by atoms with Crippen molar-refractivity contribution in [1.29, 1.82) is 0 Å². The van der Waals surface area contributed by atoms with E-state index in [-0.39, 0.29) is 6.61 Å². The van der Waals surface area contributed by atoms with Crippen LogP contribution in [0.15, 0.2) is 53.4 Å². The molecule has 3 nitrogen and oxygen atoms in total. The Labute approximate surface area is 122 Å². The Bertz CT molecular complexity index is 575. The highest BCUT2D eigenvalue weighted by Crippen LogP contribution is 2.23. The average Bonchev–Trinajstić information content (AvgIpc) is 2.41. The lowest BCUT2D eigenvalue weighted by Gasteiger charge is -2.09. The zero-order valence-electron chi connectivity index (χ0n) is 9.97. The van der Waals surface area contributed by atoms with Gasteiger partial charge in [-0.15, -0.1) is 12.6 Å². The van der Waals surface area contributed by atoms with Crippen LogP contribution in [-0.2, 0) is 11.3 Å². The summed E-state index contributed by atoms with van der Waals surface area (Å²) in [6.07, 6.45) is -0.526. The maximum atomic E-state index is 11.6. The van der Waals surface area contributed by atoms with E-state index in [1.165, 1.54) is 0 Å². The molecule has 1 amide bonds. The number of nitrogens with one attached hydrogen (secondary N) is 1. The van der Waals surface area contributed by atoms with Gasteiger partial charge in [-0.1, -0.05) is 41.9 Å². The van der Waals surface area contributed by atoms with Gasteiger partial charge < -0.3 is 4.74 Å². The molecule has 1 N–H and O–H groups in total. The monoisotopic (exact) mass is 293 g/mol. The predicted octanol–water partition coefficient (Wildman–Crippen LogP) is 4.38. The number of ether oxygens (including phenoxy) is 1. The summed E-state index contributed by atoms with van der Waals surface area (Å²) in [6.45, 7) is 0.224. The molecule has 0 radical (unpaired) electrons. The molecule has 2 aromatic carbocycles. The van der Waals surface area contributed by atoms with E-state index in [4.69, 9.17) is 16.3 Å². The van der Waals surface area contributed by atoms with E-state index < -0.39 is 6.09 Å². The van der Waals surface area contributed by atoms with Gasteiger partial charge in [-0.25, -0.2) is 4.79 Å². The van der Waals surface area contributed by atoms with Gasteiger partial charge in [-0.2, -0.15) is 0 Å². The molecule has 0 saturated heterocycles. The van der Waals surface area contributed by atoms with Crippen molar-refractivity contribution in [2.24, 2.45) is 0 Å². The fraction of sp³-hybridized carbons (Fsp3) is 0.0714. The fourth-order valence-corrected chi connectivity index (χ4v) is 2.00. The summed E-state index contributed by atoms with van der Waals surface area (Å²) in [7, 11) is 0. The molecule has 98 valence electrons. The van der Waals surface area contributed by atoms with Crippen LogP contribution in [0.1, 0.15) is 5.56 Å². The molecule has 0 aromatic heterocycles. The molecule has 0 heterocycles. The number of benzene rings is 2. The van der Waals surface area contributed by atoms with Crippen molar-refractivity contribution in [3.63, 3.8) is 0 Å². The zero-order chi connectivity index (χ0) is 13.7. The van der Waals surface area contributed by atoms with Gasteiger partial charge in [0.15, 0.2) is 0 Å². The Kier molecular flexibility index (Phi) is 4.71. The summed E-state index contributed by atoms with van der Waals surface area (Å²) in [5, 5.41) is 3.17. The molecule has 0 saturated carbocycles. The largest absolute Gasteiger partial charge is 0.444 e. The summed E-state index contributed by atoms with van der Waals surface area (Å²) in [5.41, 5.74) is 1.49. The lowest BCUT2D eigenvalue weighted by atomic mass is 10.2. The molecule has 5 heteroatoms. The van der Waals surface area contributed by atoms with Crippen LogP contribution in [-0.4, -0.2) is 6.09 Å². The topological polar surface area (TPSA) is 38.3 Å². The fourth-order valence-electron chi connectivity index (χ4n) is 1.48. The summed E-state index contributed by atoms with van der Waals surface area (Å²) < 4.78 is 5.10. The van der Waals surface area contributed by atoms with Crippen LogP contribution < -0.4 is 5.32 Å². The smallest absolute Gasteiger partial charge is 0.411 e. The summed E-state index contributed by atoms with van der Waals surface area (Å²) in [4.78, 5) is 12.2. The molecule has 19 heavy (non-hydrogen) atoms. The first-order valence-corrected chi connectivity index (χ1v) is 6.44. The van der Waals surface area contributed by atoms with Crippen LogP contribution in [0.2, 0.25) is 5.02 Å². The molecule has 0 aliphatic carbocycles. The number of rotatable bonds is 3. The SMILES string of the molecule is O=C(Nc1ccc(Cl)cc1S)OCc1ccccc1. The van der Waals surface area contributed by atoms with Crippen molar-refractivity contribution in [3.05, 3.63) is 59.1 Å². The minimum Gasteiger partial charge on any atom is -0.444 e. The number of hydrogen-bond donors (Lipinski definition) is 2. The van der Waals surface area contributed by atoms with E-state index in [1.807, 2.05) is 30.3 Å². The van der Waals surface area contributed by atoms with Gasteiger partial charge in [0, 0.05) is 9.92 Å². The highest BCUT2D eigenvalue weighted by Gasteiger charge is 2.06. The van der Waals surface area contributed by atoms with E-state index in [1.54, 1.807) is 18.2 Å². The summed E-state index contributed by atoms with van der Waals surface area (Å²) in [6, 6.07) is 14.5. The van der Waals surface area contributed by atoms with Crippen molar-refractivity contribution in [2.45, 2.75) is 11.5 Å². The third-order valence-corrected chi connectivity index (χ3v) is 3.01. The third-order valence-electron chi connectivity index (χ3n) is 2.41. The zero-order valence-corrected chi connectivity index (χ0v) is 11.6. The molecule has 0 aliphatic rings. The number of amides is 1. The van der Waals surface area contributed by atoms with Gasteiger partial charge in [0.25, 0.3) is 0 Å². The molecule has 0 unspecified atom stereocenters. The predicted molar refractivity (Wildman–Crippen MR) is 79.0 cm³/mol. The number of anilines is 1. The number of carbonyl (C=O) groups excluding carboxylic acids is 1. The third kappa shape index (κ3) is 4.19. The van der Waals surface area contributed by atoms with Crippen LogP contribution in [0.25, 0.3) is 0 Å². The van der Waals surface area contributed by atoms with E-state index >= 15 is 0 Å². The van der Waals surface area contributed by atoms with E-state index in [9.17, 15) is 4.79 Å². The standard InChI is InChI=1S/C14H12ClNO2S/c15-11-6-7-12(13(19)8-11)16-14(17)18-9-10-4-2-1-3-5-10/h1-8,19H,9H2,(H,16,17). The first-order valence-electron chi connectivity index (χ1n) is 5.61. The number of halogens is 1. The van der Waals surface area contributed by atoms with Gasteiger partial charge in [0.05, 0.1) is 5.69 Å². The minimum atomic E-state index is -0.526. The van der Waals surface area contributed by atoms with Crippen LogP contribution in [0.5, 0.6) is 0 Å². The number of thiol groups is 1. The second-order valence-electron chi connectivity index (χ2n) is 3.85. The van der Waals surface area contributed by atoms with Crippen molar-refractivity contribution < 1.29 is 9.53 Å². The first-order chi connectivity index (χ1) is 9.15. The molecule has 0 bridgehead atoms. The van der Waals surface area contributed by atoms with E-state index in [2.05, 4.69) is 17.9 Å². The Balaban J connectivity index is 1.91. The number of carbonyl (C=O) groups is 1. The quantitative estimate of drug-likeness (QED) is 0.824. The van der Waals surface area contributed by atoms with Crippen LogP contribution in [0.3, 0.4) is 0 Å². The van der Waals surface area contributed by atoms with Crippen molar-refractivity contribution in [3.8, 4) is 0 Å². The Morgan fingerprint density at radius 2 is 1.95 bits per heavy atom. The average molecular weight is 294 g/mol. The van der Waals surface area contributed by atoms with E-state index in [0.717, 1.165) is 5.56 Å². The maximum absolute atomic E-state index is 11.6. The van der Waals surface area contributed by atoms with Crippen molar-refractivity contribution >= 4 is 36.0 Å². The Morgan fingerprint density at radius 1 is 1.21 bits per heavy atom. The molecule has 2 rings (SSSR count).